The summed E-state index contributed by atoms with van der Waals surface area (Å²) < 4.78 is 0. The summed E-state index contributed by atoms with van der Waals surface area (Å²) in [6, 6.07) is 12.2. The number of hydrogen-bond donors (Lipinski definition) is 2. The smallest absolute Gasteiger partial charge is 0.267 e. The maximum absolute atomic E-state index is 12.0. The Morgan fingerprint density at radius 2 is 1.29 bits per heavy atom. The molecule has 2 aromatic carbocycles. The number of carbonyl (C=O) groups excluding carboxylic acids is 2. The van der Waals surface area contributed by atoms with Gasteiger partial charge >= 0.3 is 0 Å². The van der Waals surface area contributed by atoms with E-state index >= 15 is 0 Å². The van der Waals surface area contributed by atoms with E-state index in [-0.39, 0.29) is 11.3 Å². The van der Waals surface area contributed by atoms with E-state index < -0.39 is 16.7 Å². The van der Waals surface area contributed by atoms with E-state index in [2.05, 4.69) is 24.7 Å². The summed E-state index contributed by atoms with van der Waals surface area (Å²) in [5, 5.41) is 10.6. The third-order valence-electron chi connectivity index (χ3n) is 3.47. The number of rotatable bonds is 4. The molecule has 0 aliphatic carbocycles. The molecule has 0 fully saturated rings. The molecule has 0 heterocycles. The molecule has 24 heavy (non-hydrogen) atoms. The van der Waals surface area contributed by atoms with E-state index in [9.17, 15) is 19.7 Å². The molecule has 2 aromatic rings. The van der Waals surface area contributed by atoms with Crippen LogP contribution in [0.15, 0.2) is 48.5 Å². The quantitative estimate of drug-likeness (QED) is 0.666. The van der Waals surface area contributed by atoms with E-state index in [1.54, 1.807) is 12.1 Å². The van der Waals surface area contributed by atoms with Gasteiger partial charge in [0.05, 0.1) is 4.92 Å². The molecule has 0 atom stereocenters. The van der Waals surface area contributed by atoms with Gasteiger partial charge in [-0.25, -0.2) is 0 Å². The molecular weight excluding hydrogens is 310 g/mol. The maximum Gasteiger partial charge on any atom is 0.269 e. The number of carbonyl (C=O) groups is 2. The lowest BCUT2D eigenvalue weighted by Crippen LogP contribution is -2.41. The van der Waals surface area contributed by atoms with E-state index in [4.69, 9.17) is 0 Å². The molecule has 2 N–H and O–H groups in total. The average molecular weight is 327 g/mol. The number of hydrogen-bond acceptors (Lipinski definition) is 4. The molecule has 0 radical (unpaired) electrons. The fourth-order valence-electron chi connectivity index (χ4n) is 2.01. The van der Waals surface area contributed by atoms with Crippen molar-refractivity contribution in [2.75, 3.05) is 0 Å². The molecule has 7 heteroatoms. The predicted octanol–water partition coefficient (Wildman–Crippen LogP) is 2.79. The summed E-state index contributed by atoms with van der Waals surface area (Å²) in [5.74, 6) is -0.637. The number of nitrogens with zero attached hydrogens (tertiary/aromatic N) is 1. The van der Waals surface area contributed by atoms with Crippen LogP contribution in [-0.4, -0.2) is 16.7 Å². The first kappa shape index (κ1) is 17.1. The molecule has 0 aliphatic heterocycles. The Morgan fingerprint density at radius 3 is 1.67 bits per heavy atom. The van der Waals surface area contributed by atoms with Crippen molar-refractivity contribution < 1.29 is 14.5 Å². The summed E-state index contributed by atoms with van der Waals surface area (Å²) in [7, 11) is 0. The van der Waals surface area contributed by atoms with Crippen molar-refractivity contribution in [3.63, 3.8) is 0 Å². The highest BCUT2D eigenvalue weighted by molar-refractivity contribution is 5.99. The van der Waals surface area contributed by atoms with Crippen LogP contribution in [0.25, 0.3) is 0 Å². The molecule has 0 aliphatic rings. The molecule has 0 spiro atoms. The van der Waals surface area contributed by atoms with E-state index in [1.807, 2.05) is 12.1 Å². The van der Waals surface area contributed by atoms with Crippen molar-refractivity contribution in [1.29, 1.82) is 0 Å². The minimum atomic E-state index is -0.558. The third kappa shape index (κ3) is 4.16. The lowest BCUT2D eigenvalue weighted by Gasteiger charge is -2.09. The van der Waals surface area contributed by atoms with Gasteiger partial charge in [-0.05, 0) is 35.7 Å². The molecule has 2 amide bonds. The highest BCUT2D eigenvalue weighted by atomic mass is 16.6. The van der Waals surface area contributed by atoms with Gasteiger partial charge in [0.15, 0.2) is 0 Å². The van der Waals surface area contributed by atoms with Gasteiger partial charge in [0.25, 0.3) is 17.5 Å². The summed E-state index contributed by atoms with van der Waals surface area (Å²) in [6.07, 6.45) is 0. The van der Waals surface area contributed by atoms with E-state index in [0.717, 1.165) is 5.56 Å². The van der Waals surface area contributed by atoms with Crippen LogP contribution >= 0.6 is 0 Å². The first-order valence-corrected chi connectivity index (χ1v) is 7.33. The Balaban J connectivity index is 1.95. The standard InChI is InChI=1S/C17H17N3O4/c1-11(2)12-3-5-13(6-4-12)16(21)18-19-17(22)14-7-9-15(10-8-14)20(23)24/h3-11H,1-2H3,(H,18,21)(H,19,22). The highest BCUT2D eigenvalue weighted by Crippen LogP contribution is 2.14. The molecule has 2 rings (SSSR count). The van der Waals surface area contributed by atoms with Crippen molar-refractivity contribution in [2.45, 2.75) is 19.8 Å². The summed E-state index contributed by atoms with van der Waals surface area (Å²) in [4.78, 5) is 33.9. The lowest BCUT2D eigenvalue weighted by atomic mass is 10.0. The Hall–Kier alpha value is -3.22. The molecule has 0 saturated carbocycles. The number of nitrogens with one attached hydrogen (secondary N) is 2. The molecule has 0 aromatic heterocycles. The zero-order valence-electron chi connectivity index (χ0n) is 13.3. The molecule has 0 saturated heterocycles. The molecule has 124 valence electrons. The number of nitro groups is 1. The number of nitro benzene ring substituents is 1. The van der Waals surface area contributed by atoms with Crippen LogP contribution in [0.5, 0.6) is 0 Å². The number of hydrazine groups is 1. The van der Waals surface area contributed by atoms with Crippen LogP contribution in [0.4, 0.5) is 5.69 Å². The van der Waals surface area contributed by atoms with Crippen molar-refractivity contribution >= 4 is 17.5 Å². The van der Waals surface area contributed by atoms with Gasteiger partial charge in [-0.3, -0.25) is 30.6 Å². The van der Waals surface area contributed by atoms with Crippen LogP contribution in [0.3, 0.4) is 0 Å². The Kier molecular flexibility index (Phi) is 5.26. The number of non-ortho nitro benzene ring substituents is 1. The van der Waals surface area contributed by atoms with Crippen LogP contribution in [0.2, 0.25) is 0 Å². The second-order valence-corrected chi connectivity index (χ2v) is 5.49. The zero-order valence-corrected chi connectivity index (χ0v) is 13.3. The van der Waals surface area contributed by atoms with Crippen LogP contribution in [0, 0.1) is 10.1 Å². The SMILES string of the molecule is CC(C)c1ccc(C(=O)NNC(=O)c2ccc([N+](=O)[O-])cc2)cc1. The maximum atomic E-state index is 12.0. The monoisotopic (exact) mass is 327 g/mol. The third-order valence-corrected chi connectivity index (χ3v) is 3.47. The Labute approximate surface area is 138 Å². The first-order valence-electron chi connectivity index (χ1n) is 7.33. The van der Waals surface area contributed by atoms with E-state index in [1.165, 1.54) is 24.3 Å². The van der Waals surface area contributed by atoms with Crippen LogP contribution in [0.1, 0.15) is 46.0 Å². The van der Waals surface area contributed by atoms with Crippen molar-refractivity contribution in [3.8, 4) is 0 Å². The largest absolute Gasteiger partial charge is 0.269 e. The van der Waals surface area contributed by atoms with Gasteiger partial charge in [0, 0.05) is 23.3 Å². The van der Waals surface area contributed by atoms with Crippen molar-refractivity contribution in [2.24, 2.45) is 0 Å². The fraction of sp³-hybridized carbons (Fsp3) is 0.176. The highest BCUT2D eigenvalue weighted by Gasteiger charge is 2.11. The number of amides is 2. The predicted molar refractivity (Wildman–Crippen MR) is 88.6 cm³/mol. The van der Waals surface area contributed by atoms with Crippen LogP contribution < -0.4 is 10.9 Å². The van der Waals surface area contributed by atoms with Gasteiger partial charge in [-0.15, -0.1) is 0 Å². The zero-order chi connectivity index (χ0) is 17.7. The second kappa shape index (κ2) is 7.36. The summed E-state index contributed by atoms with van der Waals surface area (Å²) in [6.45, 7) is 4.11. The average Bonchev–Trinajstić information content (AvgIpc) is 2.59. The Bertz CT molecular complexity index is 752. The van der Waals surface area contributed by atoms with E-state index in [0.29, 0.717) is 11.5 Å². The minimum absolute atomic E-state index is 0.110. The molecule has 0 bridgehead atoms. The van der Waals surface area contributed by atoms with Crippen LogP contribution in [-0.2, 0) is 0 Å². The second-order valence-electron chi connectivity index (χ2n) is 5.49. The summed E-state index contributed by atoms with van der Waals surface area (Å²) >= 11 is 0. The van der Waals surface area contributed by atoms with Gasteiger partial charge in [-0.2, -0.15) is 0 Å². The van der Waals surface area contributed by atoms with Crippen molar-refractivity contribution in [1.82, 2.24) is 10.9 Å². The van der Waals surface area contributed by atoms with Crippen molar-refractivity contribution in [3.05, 3.63) is 75.3 Å². The lowest BCUT2D eigenvalue weighted by molar-refractivity contribution is -0.384. The van der Waals surface area contributed by atoms with Gasteiger partial charge in [-0.1, -0.05) is 26.0 Å². The minimum Gasteiger partial charge on any atom is -0.267 e. The van der Waals surface area contributed by atoms with Gasteiger partial charge in [0.1, 0.15) is 0 Å². The topological polar surface area (TPSA) is 101 Å². The Morgan fingerprint density at radius 1 is 0.875 bits per heavy atom. The van der Waals surface area contributed by atoms with Gasteiger partial charge in [0.2, 0.25) is 0 Å². The van der Waals surface area contributed by atoms with Gasteiger partial charge < -0.3 is 0 Å². The fourth-order valence-corrected chi connectivity index (χ4v) is 2.01. The molecule has 0 unspecified atom stereocenters. The number of benzene rings is 2. The normalized spacial score (nSPS) is 10.3. The summed E-state index contributed by atoms with van der Waals surface area (Å²) in [5.41, 5.74) is 6.21. The first-order chi connectivity index (χ1) is 11.4. The molecule has 7 nitrogen and oxygen atoms in total. The molecular formula is C17H17N3O4.